The topological polar surface area (TPSA) is 57.6 Å². The quantitative estimate of drug-likeness (QED) is 0.0628. The molecule has 4 nitrogen and oxygen atoms in total. The van der Waals surface area contributed by atoms with Crippen LogP contribution in [0.25, 0.3) is 0 Å². The third-order valence-electron chi connectivity index (χ3n) is 11.9. The number of carbonyl (C=O) groups is 2. The number of unbranched alkanes of at least 4 members (excludes halogenated alkanes) is 39. The number of hydrogen-bond donors (Lipinski definition) is 1. The Bertz CT molecular complexity index is 695. The van der Waals surface area contributed by atoms with Crippen molar-refractivity contribution in [3.05, 3.63) is 0 Å². The predicted molar refractivity (Wildman–Crippen MR) is 239 cm³/mol. The molecule has 4 heteroatoms. The minimum Gasteiger partial charge on any atom is -0.481 e. The summed E-state index contributed by atoms with van der Waals surface area (Å²) in [7, 11) is 0. The van der Waals surface area contributed by atoms with E-state index in [1.807, 2.05) is 0 Å². The first-order valence-corrected chi connectivity index (χ1v) is 25.1. The number of aliphatic carboxylic acids is 1. The van der Waals surface area contributed by atoms with Gasteiger partial charge in [0, 0.05) is 25.9 Å². The molecular weight excluding hydrogens is 663 g/mol. The zero-order valence-electron chi connectivity index (χ0n) is 37.2. The van der Waals surface area contributed by atoms with Gasteiger partial charge in [-0.25, -0.2) is 0 Å². The summed E-state index contributed by atoms with van der Waals surface area (Å²) in [6.45, 7) is 6.36. The van der Waals surface area contributed by atoms with Gasteiger partial charge >= 0.3 is 5.97 Å². The van der Waals surface area contributed by atoms with Gasteiger partial charge in [-0.3, -0.25) is 9.59 Å². The fraction of sp³-hybridized carbons (Fsp3) is 0.960. The summed E-state index contributed by atoms with van der Waals surface area (Å²) in [5.41, 5.74) is 0. The van der Waals surface area contributed by atoms with Crippen LogP contribution in [0, 0.1) is 0 Å². The lowest BCUT2D eigenvalue weighted by atomic mass is 10.0. The normalized spacial score (nSPS) is 11.4. The maximum atomic E-state index is 13.0. The van der Waals surface area contributed by atoms with Crippen LogP contribution < -0.4 is 0 Å². The maximum Gasteiger partial charge on any atom is 0.303 e. The van der Waals surface area contributed by atoms with E-state index in [2.05, 4.69) is 18.7 Å². The predicted octanol–water partition coefficient (Wildman–Crippen LogP) is 17.1. The molecular formula is C50H99NO3. The van der Waals surface area contributed by atoms with E-state index < -0.39 is 5.97 Å². The molecule has 0 heterocycles. The second-order valence-electron chi connectivity index (χ2n) is 17.4. The van der Waals surface area contributed by atoms with Gasteiger partial charge in [0.1, 0.15) is 0 Å². The van der Waals surface area contributed by atoms with Crippen molar-refractivity contribution in [3.8, 4) is 0 Å². The fourth-order valence-corrected chi connectivity index (χ4v) is 8.19. The molecule has 1 amide bonds. The van der Waals surface area contributed by atoms with E-state index in [0.29, 0.717) is 19.3 Å². The Morgan fingerprint density at radius 2 is 0.500 bits per heavy atom. The number of amides is 1. The molecule has 0 fully saturated rings. The highest BCUT2D eigenvalue weighted by Crippen LogP contribution is 2.17. The highest BCUT2D eigenvalue weighted by Gasteiger charge is 2.13. The van der Waals surface area contributed by atoms with Gasteiger partial charge < -0.3 is 10.0 Å². The van der Waals surface area contributed by atoms with E-state index in [1.54, 1.807) is 0 Å². The van der Waals surface area contributed by atoms with E-state index in [0.717, 1.165) is 25.9 Å². The van der Waals surface area contributed by atoms with Crippen LogP contribution in [-0.2, 0) is 9.59 Å². The van der Waals surface area contributed by atoms with Crippen molar-refractivity contribution in [1.82, 2.24) is 4.90 Å². The third kappa shape index (κ3) is 43.7. The molecule has 0 aliphatic carbocycles. The van der Waals surface area contributed by atoms with Crippen molar-refractivity contribution >= 4 is 11.9 Å². The number of carboxylic acid groups (broad SMARTS) is 1. The molecule has 0 spiro atoms. The van der Waals surface area contributed by atoms with E-state index in [4.69, 9.17) is 5.11 Å². The third-order valence-corrected chi connectivity index (χ3v) is 11.9. The van der Waals surface area contributed by atoms with E-state index in [-0.39, 0.29) is 12.3 Å². The number of carbonyl (C=O) groups excluding carboxylic acids is 1. The minimum atomic E-state index is -0.756. The molecule has 1 N–H and O–H groups in total. The van der Waals surface area contributed by atoms with Crippen LogP contribution in [0.1, 0.15) is 296 Å². The van der Waals surface area contributed by atoms with Gasteiger partial charge in [-0.2, -0.15) is 0 Å². The van der Waals surface area contributed by atoms with Gasteiger partial charge in [0.05, 0.1) is 0 Å². The molecule has 0 radical (unpaired) electrons. The Morgan fingerprint density at radius 3 is 0.722 bits per heavy atom. The van der Waals surface area contributed by atoms with Crippen molar-refractivity contribution in [2.75, 3.05) is 13.1 Å². The fourth-order valence-electron chi connectivity index (χ4n) is 8.19. The number of nitrogens with zero attached hydrogens (tertiary/aromatic N) is 1. The standard InChI is InChI=1S/C50H99NO3/c1-3-5-7-9-11-13-15-17-19-21-23-25-27-29-31-33-35-37-39-43-47-51(49(52)45-41-42-46-50(53)54)48-44-40-38-36-34-32-30-28-26-24-22-20-18-16-14-12-10-8-6-4-2/h3-48H2,1-2H3,(H,53,54). The summed E-state index contributed by atoms with van der Waals surface area (Å²) < 4.78 is 0. The summed E-state index contributed by atoms with van der Waals surface area (Å²) in [5, 5.41) is 8.96. The van der Waals surface area contributed by atoms with E-state index in [9.17, 15) is 9.59 Å². The van der Waals surface area contributed by atoms with E-state index in [1.165, 1.54) is 244 Å². The average molecular weight is 762 g/mol. The maximum absolute atomic E-state index is 13.0. The molecule has 0 aromatic heterocycles. The number of carboxylic acids is 1. The zero-order chi connectivity index (χ0) is 39.3. The Labute approximate surface area is 339 Å². The molecule has 0 aromatic rings. The summed E-state index contributed by atoms with van der Waals surface area (Å²) in [6.07, 6.45) is 57.5. The Hall–Kier alpha value is -1.06. The summed E-state index contributed by atoms with van der Waals surface area (Å²) >= 11 is 0. The highest BCUT2D eigenvalue weighted by molar-refractivity contribution is 5.76. The molecule has 0 unspecified atom stereocenters. The van der Waals surface area contributed by atoms with Crippen LogP contribution in [0.4, 0.5) is 0 Å². The number of rotatable bonds is 47. The molecule has 0 aliphatic heterocycles. The minimum absolute atomic E-state index is 0.173. The van der Waals surface area contributed by atoms with Gasteiger partial charge in [0.15, 0.2) is 0 Å². The van der Waals surface area contributed by atoms with E-state index >= 15 is 0 Å². The lowest BCUT2D eigenvalue weighted by molar-refractivity contribution is -0.137. The van der Waals surface area contributed by atoms with Crippen LogP contribution in [0.5, 0.6) is 0 Å². The van der Waals surface area contributed by atoms with Crippen molar-refractivity contribution < 1.29 is 14.7 Å². The summed E-state index contributed by atoms with van der Waals surface area (Å²) in [6, 6.07) is 0. The highest BCUT2D eigenvalue weighted by atomic mass is 16.4. The Balaban J connectivity index is 3.79. The van der Waals surface area contributed by atoms with Crippen LogP contribution in [-0.4, -0.2) is 35.0 Å². The van der Waals surface area contributed by atoms with Gasteiger partial charge in [-0.05, 0) is 25.7 Å². The monoisotopic (exact) mass is 762 g/mol. The molecule has 0 rings (SSSR count). The summed E-state index contributed by atoms with van der Waals surface area (Å²) in [4.78, 5) is 26.0. The second kappa shape index (κ2) is 46.3. The molecule has 0 aromatic carbocycles. The lowest BCUT2D eigenvalue weighted by Gasteiger charge is -2.23. The molecule has 0 saturated heterocycles. The van der Waals surface area contributed by atoms with Crippen molar-refractivity contribution in [1.29, 1.82) is 0 Å². The van der Waals surface area contributed by atoms with Crippen molar-refractivity contribution in [2.24, 2.45) is 0 Å². The smallest absolute Gasteiger partial charge is 0.303 e. The summed E-state index contributed by atoms with van der Waals surface area (Å²) in [5.74, 6) is -0.510. The van der Waals surface area contributed by atoms with Crippen molar-refractivity contribution in [3.63, 3.8) is 0 Å². The lowest BCUT2D eigenvalue weighted by Crippen LogP contribution is -2.32. The average Bonchev–Trinajstić information content (AvgIpc) is 3.17. The molecule has 54 heavy (non-hydrogen) atoms. The van der Waals surface area contributed by atoms with Crippen LogP contribution in [0.3, 0.4) is 0 Å². The first-order valence-electron chi connectivity index (χ1n) is 25.1. The van der Waals surface area contributed by atoms with Crippen LogP contribution in [0.15, 0.2) is 0 Å². The zero-order valence-corrected chi connectivity index (χ0v) is 37.2. The van der Waals surface area contributed by atoms with Crippen molar-refractivity contribution in [2.45, 2.75) is 296 Å². The van der Waals surface area contributed by atoms with Crippen LogP contribution in [0.2, 0.25) is 0 Å². The molecule has 0 atom stereocenters. The molecule has 0 aliphatic rings. The van der Waals surface area contributed by atoms with Gasteiger partial charge in [-0.1, -0.05) is 258 Å². The first kappa shape index (κ1) is 52.9. The first-order chi connectivity index (χ1) is 26.6. The molecule has 0 saturated carbocycles. The number of hydrogen-bond acceptors (Lipinski definition) is 2. The molecule has 0 bridgehead atoms. The SMILES string of the molecule is CCCCCCCCCCCCCCCCCCCCCCN(CCCCCCCCCCCCCCCCCCCCCC)C(=O)CCCCC(=O)O. The Morgan fingerprint density at radius 1 is 0.296 bits per heavy atom. The largest absolute Gasteiger partial charge is 0.481 e. The second-order valence-corrected chi connectivity index (χ2v) is 17.4. The Kier molecular flexibility index (Phi) is 45.4. The molecule has 322 valence electrons. The van der Waals surface area contributed by atoms with Gasteiger partial charge in [0.2, 0.25) is 5.91 Å². The van der Waals surface area contributed by atoms with Gasteiger partial charge in [-0.15, -0.1) is 0 Å². The van der Waals surface area contributed by atoms with Crippen LogP contribution >= 0.6 is 0 Å². The van der Waals surface area contributed by atoms with Gasteiger partial charge in [0.25, 0.3) is 0 Å².